The Bertz CT molecular complexity index is 1810. The van der Waals surface area contributed by atoms with Gasteiger partial charge < -0.3 is 24.3 Å². The Morgan fingerprint density at radius 3 is 2.71 bits per heavy atom. The van der Waals surface area contributed by atoms with Crippen molar-refractivity contribution in [2.24, 2.45) is 4.99 Å². The van der Waals surface area contributed by atoms with E-state index in [0.717, 1.165) is 43.0 Å². The van der Waals surface area contributed by atoms with E-state index in [0.29, 0.717) is 44.8 Å². The first kappa shape index (κ1) is 31.8. The number of allylic oxidation sites excluding steroid dienone is 3. The number of aromatic nitrogens is 2. The number of carbonyl (C=O) groups is 1. The Kier molecular flexibility index (Phi) is 8.88. The molecule has 4 aliphatic heterocycles. The van der Waals surface area contributed by atoms with Crippen LogP contribution in [0.5, 0.6) is 6.01 Å². The quantitative estimate of drug-likeness (QED) is 0.360. The van der Waals surface area contributed by atoms with Gasteiger partial charge in [0.15, 0.2) is 5.54 Å². The first-order chi connectivity index (χ1) is 23.3. The van der Waals surface area contributed by atoms with Crippen LogP contribution in [-0.2, 0) is 17.8 Å². The standard InChI is InChI=1S/C38H44N8O2/c1-27-10-7-11-28-12-8-14-33(34(27)28)44-21-16-31-32(25-44)41-37(48-26-30-13-9-20-43(30)3)42-35(31)45-22-23-46(29(24-45)15-18-39)36(47)38(2)17-5-4-6-19-40-38/h4-8,10-12,14,17,19,29-30H,9,13,15-16,20-26H2,1-3H3/t29-,30-,38-/m0/s1. The Balaban J connectivity index is 1.20. The normalized spacial score (nSPS) is 24.1. The first-order valence-electron chi connectivity index (χ1n) is 17.1. The Labute approximate surface area is 283 Å². The maximum atomic E-state index is 13.9. The highest BCUT2D eigenvalue weighted by atomic mass is 16.5. The molecule has 0 unspecified atom stereocenters. The molecule has 0 N–H and O–H groups in total. The molecule has 2 saturated heterocycles. The average Bonchev–Trinajstić information content (AvgIpc) is 3.38. The van der Waals surface area contributed by atoms with Crippen LogP contribution in [-0.4, -0.2) is 95.9 Å². The molecule has 2 fully saturated rings. The van der Waals surface area contributed by atoms with Crippen molar-refractivity contribution in [1.29, 1.82) is 5.26 Å². The molecule has 2 aromatic carbocycles. The molecule has 5 heterocycles. The minimum atomic E-state index is -1.01. The zero-order valence-electron chi connectivity index (χ0n) is 28.2. The van der Waals surface area contributed by atoms with Crippen molar-refractivity contribution in [3.8, 4) is 12.1 Å². The van der Waals surface area contributed by atoms with E-state index in [1.807, 2.05) is 36.1 Å². The van der Waals surface area contributed by atoms with E-state index in [1.165, 1.54) is 28.4 Å². The number of ether oxygens (including phenoxy) is 1. The zero-order chi connectivity index (χ0) is 33.3. The molecule has 248 valence electrons. The number of aliphatic imine (C=N–C) groups is 1. The van der Waals surface area contributed by atoms with Gasteiger partial charge >= 0.3 is 6.01 Å². The SMILES string of the molecule is Cc1cccc2cccc(N3CCc4c(nc(OC[C@@H]5CCCN5C)nc4N4CCN(C(=O)[C@]5(C)C=CC=CC=N5)[C@@H](CC#N)C4)C3)c12. The van der Waals surface area contributed by atoms with Crippen LogP contribution >= 0.6 is 0 Å². The summed E-state index contributed by atoms with van der Waals surface area (Å²) in [5, 5.41) is 12.4. The van der Waals surface area contributed by atoms with Gasteiger partial charge in [-0.25, -0.2) is 0 Å². The lowest BCUT2D eigenvalue weighted by Crippen LogP contribution is -2.59. The molecule has 1 aromatic heterocycles. The van der Waals surface area contributed by atoms with E-state index < -0.39 is 5.54 Å². The highest BCUT2D eigenvalue weighted by molar-refractivity contribution is 5.97. The number of likely N-dealkylation sites (N-methyl/N-ethyl adjacent to an activating group) is 1. The number of piperazine rings is 1. The van der Waals surface area contributed by atoms with Crippen LogP contribution in [0, 0.1) is 18.3 Å². The summed E-state index contributed by atoms with van der Waals surface area (Å²) in [5.41, 5.74) is 3.56. The van der Waals surface area contributed by atoms with Crippen LogP contribution in [0.25, 0.3) is 10.8 Å². The van der Waals surface area contributed by atoms with E-state index in [1.54, 1.807) is 6.21 Å². The Hall–Kier alpha value is -4.75. The van der Waals surface area contributed by atoms with Gasteiger partial charge in [-0.3, -0.25) is 9.79 Å². The fraction of sp³-hybridized carbons (Fsp3) is 0.447. The summed E-state index contributed by atoms with van der Waals surface area (Å²) in [6.07, 6.45) is 12.3. The molecule has 0 radical (unpaired) electrons. The van der Waals surface area contributed by atoms with Gasteiger partial charge in [0.25, 0.3) is 5.91 Å². The van der Waals surface area contributed by atoms with Crippen molar-refractivity contribution >= 4 is 34.4 Å². The van der Waals surface area contributed by atoms with Crippen LogP contribution in [0.15, 0.2) is 65.7 Å². The molecule has 48 heavy (non-hydrogen) atoms. The molecule has 3 aromatic rings. The Morgan fingerprint density at radius 2 is 1.90 bits per heavy atom. The second kappa shape index (κ2) is 13.4. The largest absolute Gasteiger partial charge is 0.462 e. The molecule has 10 nitrogen and oxygen atoms in total. The van der Waals surface area contributed by atoms with Gasteiger partial charge in [-0.15, -0.1) is 0 Å². The van der Waals surface area contributed by atoms with Crippen molar-refractivity contribution in [2.75, 3.05) is 56.2 Å². The van der Waals surface area contributed by atoms with Crippen LogP contribution in [0.4, 0.5) is 11.5 Å². The fourth-order valence-electron chi connectivity index (χ4n) is 7.66. The third-order valence-electron chi connectivity index (χ3n) is 10.4. The summed E-state index contributed by atoms with van der Waals surface area (Å²) in [4.78, 5) is 37.4. The molecular formula is C38H44N8O2. The highest BCUT2D eigenvalue weighted by Gasteiger charge is 2.40. The summed E-state index contributed by atoms with van der Waals surface area (Å²) in [7, 11) is 2.15. The van der Waals surface area contributed by atoms with Crippen molar-refractivity contribution in [1.82, 2.24) is 19.8 Å². The number of amides is 1. The van der Waals surface area contributed by atoms with E-state index >= 15 is 0 Å². The van der Waals surface area contributed by atoms with Crippen LogP contribution in [0.3, 0.4) is 0 Å². The van der Waals surface area contributed by atoms with Gasteiger partial charge in [0.2, 0.25) is 0 Å². The zero-order valence-corrected chi connectivity index (χ0v) is 28.2. The number of nitrogens with zero attached hydrogens (tertiary/aromatic N) is 8. The number of likely N-dealkylation sites (tertiary alicyclic amines) is 1. The van der Waals surface area contributed by atoms with Crippen LogP contribution in [0.2, 0.25) is 0 Å². The number of fused-ring (bicyclic) bond motifs is 2. The monoisotopic (exact) mass is 644 g/mol. The van der Waals surface area contributed by atoms with Crippen LogP contribution in [0.1, 0.15) is 43.0 Å². The number of hydrogen-bond donors (Lipinski definition) is 0. The number of benzene rings is 2. The van der Waals surface area contributed by atoms with Gasteiger partial charge in [-0.1, -0.05) is 42.5 Å². The smallest absolute Gasteiger partial charge is 0.318 e. The number of aryl methyl sites for hydroxylation is 1. The molecule has 0 saturated carbocycles. The lowest BCUT2D eigenvalue weighted by molar-refractivity contribution is -0.137. The second-order valence-electron chi connectivity index (χ2n) is 13.6. The highest BCUT2D eigenvalue weighted by Crippen LogP contribution is 2.36. The van der Waals surface area contributed by atoms with E-state index in [2.05, 4.69) is 76.1 Å². The molecule has 0 spiro atoms. The van der Waals surface area contributed by atoms with Crippen LogP contribution < -0.4 is 14.5 Å². The summed E-state index contributed by atoms with van der Waals surface area (Å²) in [5.74, 6) is 0.774. The van der Waals surface area contributed by atoms with Gasteiger partial charge in [0.1, 0.15) is 12.4 Å². The maximum absolute atomic E-state index is 13.9. The topological polar surface area (TPSA) is 101 Å². The lowest BCUT2D eigenvalue weighted by Gasteiger charge is -2.44. The lowest BCUT2D eigenvalue weighted by atomic mass is 9.97. The van der Waals surface area contributed by atoms with Gasteiger partial charge in [-0.2, -0.15) is 15.2 Å². The molecule has 7 rings (SSSR count). The number of nitriles is 1. The fourth-order valence-corrected chi connectivity index (χ4v) is 7.66. The maximum Gasteiger partial charge on any atom is 0.318 e. The van der Waals surface area contributed by atoms with E-state index in [9.17, 15) is 10.1 Å². The molecule has 0 bridgehead atoms. The molecular weight excluding hydrogens is 600 g/mol. The van der Waals surface area contributed by atoms with Crippen molar-refractivity contribution in [3.63, 3.8) is 0 Å². The minimum absolute atomic E-state index is 0.0888. The van der Waals surface area contributed by atoms with Crippen molar-refractivity contribution in [3.05, 3.63) is 77.5 Å². The van der Waals surface area contributed by atoms with E-state index in [-0.39, 0.29) is 18.4 Å². The average molecular weight is 645 g/mol. The summed E-state index contributed by atoms with van der Waals surface area (Å²) < 4.78 is 6.37. The van der Waals surface area contributed by atoms with E-state index in [4.69, 9.17) is 14.7 Å². The van der Waals surface area contributed by atoms with Gasteiger partial charge in [0.05, 0.1) is 30.8 Å². The van der Waals surface area contributed by atoms with Crippen molar-refractivity contribution < 1.29 is 9.53 Å². The molecule has 0 aliphatic carbocycles. The molecule has 3 atom stereocenters. The summed E-state index contributed by atoms with van der Waals surface area (Å²) in [6.45, 7) is 8.67. The third-order valence-corrected chi connectivity index (χ3v) is 10.4. The predicted molar refractivity (Wildman–Crippen MR) is 190 cm³/mol. The first-order valence-corrected chi connectivity index (χ1v) is 17.1. The molecule has 4 aliphatic rings. The van der Waals surface area contributed by atoms with Gasteiger partial charge in [-0.05, 0) is 75.9 Å². The molecule has 10 heteroatoms. The Morgan fingerprint density at radius 1 is 1.04 bits per heavy atom. The number of anilines is 2. The predicted octanol–water partition coefficient (Wildman–Crippen LogP) is 4.86. The summed E-state index contributed by atoms with van der Waals surface area (Å²) >= 11 is 0. The second-order valence-corrected chi connectivity index (χ2v) is 13.6. The number of rotatable bonds is 7. The van der Waals surface area contributed by atoms with Crippen molar-refractivity contribution in [2.45, 2.75) is 63.7 Å². The molecule has 1 amide bonds. The third kappa shape index (κ3) is 6.15. The van der Waals surface area contributed by atoms with Gasteiger partial charge in [0, 0.05) is 55.1 Å². The summed E-state index contributed by atoms with van der Waals surface area (Å²) in [6, 6.07) is 15.8. The number of carbonyl (C=O) groups excluding carboxylic acids is 1. The number of hydrogen-bond acceptors (Lipinski definition) is 9. The minimum Gasteiger partial charge on any atom is -0.462 e.